The molecule has 2 aromatic rings. The SMILES string of the molecule is Fc1cc(F)c2cnccc2c1F. The Hall–Kier alpha value is -1.58. The lowest BCUT2D eigenvalue weighted by Crippen LogP contribution is -1.90. The van der Waals surface area contributed by atoms with Crippen molar-refractivity contribution in [1.82, 2.24) is 4.98 Å². The Morgan fingerprint density at radius 3 is 2.54 bits per heavy atom. The lowest BCUT2D eigenvalue weighted by Gasteiger charge is -2.00. The summed E-state index contributed by atoms with van der Waals surface area (Å²) < 4.78 is 38.7. The summed E-state index contributed by atoms with van der Waals surface area (Å²) in [5.41, 5.74) is 0. The van der Waals surface area contributed by atoms with Gasteiger partial charge in [0.05, 0.1) is 0 Å². The van der Waals surface area contributed by atoms with Crippen LogP contribution in [0.1, 0.15) is 0 Å². The summed E-state index contributed by atoms with van der Waals surface area (Å²) in [5.74, 6) is -3.03. The quantitative estimate of drug-likeness (QED) is 0.572. The molecule has 1 aromatic heterocycles. The van der Waals surface area contributed by atoms with E-state index in [-0.39, 0.29) is 10.8 Å². The van der Waals surface area contributed by atoms with Crippen molar-refractivity contribution >= 4 is 10.8 Å². The summed E-state index contributed by atoms with van der Waals surface area (Å²) in [6.45, 7) is 0. The van der Waals surface area contributed by atoms with Gasteiger partial charge in [-0.1, -0.05) is 0 Å². The van der Waals surface area contributed by atoms with Crippen LogP contribution in [0.15, 0.2) is 24.5 Å². The van der Waals surface area contributed by atoms with E-state index in [1.807, 2.05) is 0 Å². The highest BCUT2D eigenvalue weighted by molar-refractivity contribution is 5.82. The maximum Gasteiger partial charge on any atom is 0.166 e. The van der Waals surface area contributed by atoms with Crippen LogP contribution in [0.2, 0.25) is 0 Å². The molecule has 0 aliphatic carbocycles. The lowest BCUT2D eigenvalue weighted by molar-refractivity contribution is 0.505. The van der Waals surface area contributed by atoms with E-state index < -0.39 is 17.5 Å². The third kappa shape index (κ3) is 1.14. The molecule has 1 aromatic carbocycles. The highest BCUT2D eigenvalue weighted by atomic mass is 19.2. The molecule has 4 heteroatoms. The Kier molecular flexibility index (Phi) is 1.69. The average molecular weight is 183 g/mol. The summed E-state index contributed by atoms with van der Waals surface area (Å²) in [4.78, 5) is 3.62. The number of aromatic nitrogens is 1. The molecule has 1 nitrogen and oxygen atoms in total. The third-order valence-electron chi connectivity index (χ3n) is 1.78. The van der Waals surface area contributed by atoms with Gasteiger partial charge in [0, 0.05) is 29.2 Å². The predicted octanol–water partition coefficient (Wildman–Crippen LogP) is 2.65. The van der Waals surface area contributed by atoms with E-state index in [9.17, 15) is 13.2 Å². The summed E-state index contributed by atoms with van der Waals surface area (Å²) in [5, 5.41) is -0.103. The number of hydrogen-bond donors (Lipinski definition) is 0. The molecule has 13 heavy (non-hydrogen) atoms. The Balaban J connectivity index is 2.97. The molecule has 0 spiro atoms. The summed E-state index contributed by atoms with van der Waals surface area (Å²) in [7, 11) is 0. The molecule has 0 saturated carbocycles. The summed E-state index contributed by atoms with van der Waals surface area (Å²) in [6, 6.07) is 1.75. The number of rotatable bonds is 0. The van der Waals surface area contributed by atoms with Gasteiger partial charge in [-0.05, 0) is 6.07 Å². The highest BCUT2D eigenvalue weighted by Crippen LogP contribution is 2.21. The summed E-state index contributed by atoms with van der Waals surface area (Å²) in [6.07, 6.45) is 2.44. The van der Waals surface area contributed by atoms with E-state index in [0.717, 1.165) is 6.20 Å². The van der Waals surface area contributed by atoms with Crippen molar-refractivity contribution < 1.29 is 13.2 Å². The van der Waals surface area contributed by atoms with Crippen molar-refractivity contribution in [1.29, 1.82) is 0 Å². The van der Waals surface area contributed by atoms with Crippen LogP contribution < -0.4 is 0 Å². The zero-order valence-corrected chi connectivity index (χ0v) is 6.39. The second kappa shape index (κ2) is 2.73. The molecule has 2 rings (SSSR count). The van der Waals surface area contributed by atoms with E-state index in [0.29, 0.717) is 6.07 Å². The Bertz CT molecular complexity index is 468. The number of pyridine rings is 1. The molecular formula is C9H4F3N. The minimum absolute atomic E-state index is 0.0126. The average Bonchev–Trinajstić information content (AvgIpc) is 2.15. The van der Waals surface area contributed by atoms with Gasteiger partial charge in [0.15, 0.2) is 11.6 Å². The van der Waals surface area contributed by atoms with Gasteiger partial charge in [0.1, 0.15) is 5.82 Å². The van der Waals surface area contributed by atoms with Crippen LogP contribution >= 0.6 is 0 Å². The number of benzene rings is 1. The van der Waals surface area contributed by atoms with Crippen molar-refractivity contribution in [2.24, 2.45) is 0 Å². The molecule has 0 atom stereocenters. The van der Waals surface area contributed by atoms with Crippen molar-refractivity contribution in [2.45, 2.75) is 0 Å². The predicted molar refractivity (Wildman–Crippen MR) is 41.6 cm³/mol. The number of halogens is 3. The standard InChI is InChI=1S/C9H4F3N/c10-7-3-8(11)9(12)5-1-2-13-4-6(5)7/h1-4H. The van der Waals surface area contributed by atoms with E-state index in [1.54, 1.807) is 0 Å². The highest BCUT2D eigenvalue weighted by Gasteiger charge is 2.11. The van der Waals surface area contributed by atoms with Gasteiger partial charge in [-0.3, -0.25) is 4.98 Å². The largest absolute Gasteiger partial charge is 0.264 e. The van der Waals surface area contributed by atoms with Gasteiger partial charge in [0.2, 0.25) is 0 Å². The van der Waals surface area contributed by atoms with Crippen molar-refractivity contribution in [3.63, 3.8) is 0 Å². The van der Waals surface area contributed by atoms with E-state index >= 15 is 0 Å². The van der Waals surface area contributed by atoms with Gasteiger partial charge in [-0.2, -0.15) is 0 Å². The Morgan fingerprint density at radius 2 is 1.77 bits per heavy atom. The minimum Gasteiger partial charge on any atom is -0.264 e. The smallest absolute Gasteiger partial charge is 0.166 e. The van der Waals surface area contributed by atoms with Crippen molar-refractivity contribution in [3.05, 3.63) is 42.0 Å². The first-order valence-electron chi connectivity index (χ1n) is 3.57. The van der Waals surface area contributed by atoms with Gasteiger partial charge in [-0.15, -0.1) is 0 Å². The molecular weight excluding hydrogens is 179 g/mol. The van der Waals surface area contributed by atoms with Gasteiger partial charge < -0.3 is 0 Å². The van der Waals surface area contributed by atoms with Gasteiger partial charge in [-0.25, -0.2) is 13.2 Å². The fraction of sp³-hybridized carbons (Fsp3) is 0. The van der Waals surface area contributed by atoms with E-state index in [2.05, 4.69) is 4.98 Å². The first-order chi connectivity index (χ1) is 6.20. The number of hydrogen-bond acceptors (Lipinski definition) is 1. The minimum atomic E-state index is -1.18. The zero-order valence-electron chi connectivity index (χ0n) is 6.39. The first-order valence-corrected chi connectivity index (χ1v) is 3.57. The molecule has 0 unspecified atom stereocenters. The topological polar surface area (TPSA) is 12.9 Å². The van der Waals surface area contributed by atoms with Gasteiger partial charge >= 0.3 is 0 Å². The molecule has 1 heterocycles. The fourth-order valence-corrected chi connectivity index (χ4v) is 1.16. The van der Waals surface area contributed by atoms with E-state index in [4.69, 9.17) is 0 Å². The molecule has 0 saturated heterocycles. The fourth-order valence-electron chi connectivity index (χ4n) is 1.16. The molecule has 0 bridgehead atoms. The Morgan fingerprint density at radius 1 is 1.00 bits per heavy atom. The van der Waals surface area contributed by atoms with Crippen LogP contribution in [0.5, 0.6) is 0 Å². The maximum absolute atomic E-state index is 13.0. The Labute approximate surface area is 71.8 Å². The molecule has 0 aliphatic heterocycles. The van der Waals surface area contributed by atoms with Crippen molar-refractivity contribution in [3.8, 4) is 0 Å². The van der Waals surface area contributed by atoms with Gasteiger partial charge in [0.25, 0.3) is 0 Å². The molecule has 0 radical (unpaired) electrons. The van der Waals surface area contributed by atoms with Crippen LogP contribution in [-0.4, -0.2) is 4.98 Å². The molecule has 0 amide bonds. The van der Waals surface area contributed by atoms with E-state index in [1.165, 1.54) is 12.3 Å². The van der Waals surface area contributed by atoms with Crippen LogP contribution in [0.25, 0.3) is 10.8 Å². The normalized spacial score (nSPS) is 10.7. The summed E-state index contributed by atoms with van der Waals surface area (Å²) >= 11 is 0. The van der Waals surface area contributed by atoms with Crippen LogP contribution in [-0.2, 0) is 0 Å². The van der Waals surface area contributed by atoms with Crippen LogP contribution in [0.4, 0.5) is 13.2 Å². The number of nitrogens with zero attached hydrogens (tertiary/aromatic N) is 1. The molecule has 66 valence electrons. The molecule has 0 aliphatic rings. The molecule has 0 N–H and O–H groups in total. The molecule has 0 fully saturated rings. The zero-order chi connectivity index (χ0) is 9.42. The first kappa shape index (κ1) is 8.04. The lowest BCUT2D eigenvalue weighted by atomic mass is 10.1. The second-order valence-corrected chi connectivity index (χ2v) is 2.58. The van der Waals surface area contributed by atoms with Crippen LogP contribution in [0.3, 0.4) is 0 Å². The van der Waals surface area contributed by atoms with Crippen LogP contribution in [0, 0.1) is 17.5 Å². The van der Waals surface area contributed by atoms with Crippen molar-refractivity contribution in [2.75, 3.05) is 0 Å². The third-order valence-corrected chi connectivity index (χ3v) is 1.78. The number of fused-ring (bicyclic) bond motifs is 1. The maximum atomic E-state index is 13.0. The second-order valence-electron chi connectivity index (χ2n) is 2.58. The monoisotopic (exact) mass is 183 g/mol.